The third kappa shape index (κ3) is 4.23. The predicted molar refractivity (Wildman–Crippen MR) is 86.8 cm³/mol. The number of anilines is 1. The molecule has 0 aliphatic carbocycles. The molecule has 21 heavy (non-hydrogen) atoms. The number of hydrogen-bond donors (Lipinski definition) is 2. The fourth-order valence-corrected chi connectivity index (χ4v) is 2.21. The van der Waals surface area contributed by atoms with Gasteiger partial charge in [-0.3, -0.25) is 0 Å². The first-order chi connectivity index (χ1) is 10.1. The molecule has 0 saturated heterocycles. The molecule has 0 amide bonds. The van der Waals surface area contributed by atoms with Gasteiger partial charge in [0.2, 0.25) is 0 Å². The van der Waals surface area contributed by atoms with Crippen molar-refractivity contribution < 1.29 is 9.84 Å². The van der Waals surface area contributed by atoms with Crippen LogP contribution in [-0.4, -0.2) is 17.8 Å². The lowest BCUT2D eigenvalue weighted by molar-refractivity contribution is 0.242. The van der Waals surface area contributed by atoms with Gasteiger partial charge < -0.3 is 15.2 Å². The molecule has 0 saturated carbocycles. The molecule has 2 rings (SSSR count). The van der Waals surface area contributed by atoms with E-state index in [4.69, 9.17) is 4.74 Å². The number of rotatable bonds is 6. The Morgan fingerprint density at radius 2 is 1.71 bits per heavy atom. The Kier molecular flexibility index (Phi) is 5.23. The molecular formula is C18H23NO2. The third-order valence-electron chi connectivity index (χ3n) is 3.31. The summed E-state index contributed by atoms with van der Waals surface area (Å²) in [6.07, 6.45) is 0.162. The largest absolute Gasteiger partial charge is 0.491 e. The summed E-state index contributed by atoms with van der Waals surface area (Å²) in [4.78, 5) is 0. The van der Waals surface area contributed by atoms with Gasteiger partial charge in [-0.05, 0) is 50.1 Å². The molecule has 112 valence electrons. The van der Waals surface area contributed by atoms with Crippen molar-refractivity contribution in [1.82, 2.24) is 0 Å². The summed E-state index contributed by atoms with van der Waals surface area (Å²) >= 11 is 0. The normalized spacial score (nSPS) is 12.2. The van der Waals surface area contributed by atoms with Crippen LogP contribution >= 0.6 is 0 Å². The summed E-state index contributed by atoms with van der Waals surface area (Å²) in [5.74, 6) is 0.848. The van der Waals surface area contributed by atoms with Crippen LogP contribution in [0.15, 0.2) is 48.5 Å². The van der Waals surface area contributed by atoms with E-state index in [1.54, 1.807) is 0 Å². The number of benzene rings is 2. The van der Waals surface area contributed by atoms with Crippen molar-refractivity contribution >= 4 is 5.69 Å². The van der Waals surface area contributed by atoms with Gasteiger partial charge >= 0.3 is 0 Å². The van der Waals surface area contributed by atoms with Crippen molar-refractivity contribution in [3.63, 3.8) is 0 Å². The summed E-state index contributed by atoms with van der Waals surface area (Å²) in [7, 11) is 0. The Morgan fingerprint density at radius 3 is 2.29 bits per heavy atom. The van der Waals surface area contributed by atoms with Crippen LogP contribution in [0.2, 0.25) is 0 Å². The van der Waals surface area contributed by atoms with Crippen molar-refractivity contribution in [3.8, 4) is 5.75 Å². The number of aliphatic hydroxyl groups is 1. The van der Waals surface area contributed by atoms with Gasteiger partial charge in [-0.25, -0.2) is 0 Å². The van der Waals surface area contributed by atoms with E-state index in [0.29, 0.717) is 0 Å². The monoisotopic (exact) mass is 285 g/mol. The minimum Gasteiger partial charge on any atom is -0.491 e. The first-order valence-corrected chi connectivity index (χ1v) is 7.30. The molecular weight excluding hydrogens is 262 g/mol. The van der Waals surface area contributed by atoms with E-state index in [1.165, 1.54) is 0 Å². The van der Waals surface area contributed by atoms with Crippen molar-refractivity contribution in [1.29, 1.82) is 0 Å². The zero-order chi connectivity index (χ0) is 15.2. The summed E-state index contributed by atoms with van der Waals surface area (Å²) in [6.45, 7) is 6.10. The predicted octanol–water partition coefficient (Wildman–Crippen LogP) is 3.93. The maximum absolute atomic E-state index is 9.65. The third-order valence-corrected chi connectivity index (χ3v) is 3.31. The minimum atomic E-state index is -0.126. The van der Waals surface area contributed by atoms with Gasteiger partial charge in [0.1, 0.15) is 5.75 Å². The van der Waals surface area contributed by atoms with Gasteiger partial charge in [0.15, 0.2) is 0 Å². The van der Waals surface area contributed by atoms with Crippen LogP contribution in [0.4, 0.5) is 5.69 Å². The summed E-state index contributed by atoms with van der Waals surface area (Å²) < 4.78 is 5.64. The summed E-state index contributed by atoms with van der Waals surface area (Å²) in [5, 5.41) is 13.0. The highest BCUT2D eigenvalue weighted by Gasteiger charge is 2.11. The lowest BCUT2D eigenvalue weighted by atomic mass is 10.1. The lowest BCUT2D eigenvalue weighted by Gasteiger charge is -2.20. The molecule has 1 atom stereocenters. The van der Waals surface area contributed by atoms with Crippen LogP contribution in [0, 0.1) is 6.92 Å². The maximum atomic E-state index is 9.65. The van der Waals surface area contributed by atoms with E-state index >= 15 is 0 Å². The second-order valence-electron chi connectivity index (χ2n) is 5.43. The molecule has 3 heteroatoms. The Morgan fingerprint density at radius 1 is 1.05 bits per heavy atom. The quantitative estimate of drug-likeness (QED) is 0.845. The topological polar surface area (TPSA) is 41.5 Å². The van der Waals surface area contributed by atoms with Crippen LogP contribution in [-0.2, 0) is 0 Å². The zero-order valence-electron chi connectivity index (χ0n) is 12.8. The van der Waals surface area contributed by atoms with Gasteiger partial charge in [-0.15, -0.1) is 0 Å². The number of para-hydroxylation sites is 1. The van der Waals surface area contributed by atoms with E-state index in [9.17, 15) is 5.11 Å². The number of aryl methyl sites for hydroxylation is 1. The van der Waals surface area contributed by atoms with Crippen molar-refractivity contribution in [3.05, 3.63) is 59.7 Å². The average Bonchev–Trinajstić information content (AvgIpc) is 2.47. The zero-order valence-corrected chi connectivity index (χ0v) is 12.8. The van der Waals surface area contributed by atoms with Crippen LogP contribution in [0.3, 0.4) is 0 Å². The number of hydrogen-bond acceptors (Lipinski definition) is 3. The average molecular weight is 285 g/mol. The van der Waals surface area contributed by atoms with Gasteiger partial charge in [-0.1, -0.05) is 30.3 Å². The molecule has 0 aliphatic rings. The Labute approximate surface area is 126 Å². The molecule has 0 radical (unpaired) electrons. The van der Waals surface area contributed by atoms with E-state index in [-0.39, 0.29) is 18.8 Å². The fourth-order valence-electron chi connectivity index (χ4n) is 2.21. The number of nitrogens with one attached hydrogen (secondary N) is 1. The smallest absolute Gasteiger partial charge is 0.119 e. The molecule has 0 heterocycles. The molecule has 1 unspecified atom stereocenters. The lowest BCUT2D eigenvalue weighted by Crippen LogP contribution is -2.15. The molecule has 0 aliphatic heterocycles. The minimum absolute atomic E-state index is 0.0404. The molecule has 0 spiro atoms. The fraction of sp³-hybridized carbons (Fsp3) is 0.333. The van der Waals surface area contributed by atoms with E-state index in [0.717, 1.165) is 22.6 Å². The highest BCUT2D eigenvalue weighted by Crippen LogP contribution is 2.24. The standard InChI is InChI=1S/C18H23NO2/c1-13(2)21-16-10-8-15(9-11-16)18(12-20)19-17-7-5-4-6-14(17)3/h4-11,13,18-20H,12H2,1-3H3. The highest BCUT2D eigenvalue weighted by molar-refractivity contribution is 5.52. The number of ether oxygens (including phenoxy) is 1. The maximum Gasteiger partial charge on any atom is 0.119 e. The van der Waals surface area contributed by atoms with Crippen molar-refractivity contribution in [2.45, 2.75) is 32.9 Å². The molecule has 2 N–H and O–H groups in total. The molecule has 0 fully saturated rings. The van der Waals surface area contributed by atoms with Gasteiger partial charge in [0.05, 0.1) is 18.8 Å². The summed E-state index contributed by atoms with van der Waals surface area (Å²) in [5.41, 5.74) is 3.24. The van der Waals surface area contributed by atoms with Crippen molar-refractivity contribution in [2.24, 2.45) is 0 Å². The van der Waals surface area contributed by atoms with Crippen LogP contribution in [0.25, 0.3) is 0 Å². The van der Waals surface area contributed by atoms with Crippen LogP contribution in [0.1, 0.15) is 31.0 Å². The Bertz CT molecular complexity index is 564. The SMILES string of the molecule is Cc1ccccc1NC(CO)c1ccc(OC(C)C)cc1. The molecule has 0 bridgehead atoms. The number of aliphatic hydroxyl groups excluding tert-OH is 1. The Hall–Kier alpha value is -2.00. The molecule has 2 aromatic rings. The highest BCUT2D eigenvalue weighted by atomic mass is 16.5. The first-order valence-electron chi connectivity index (χ1n) is 7.30. The van der Waals surface area contributed by atoms with Crippen molar-refractivity contribution in [2.75, 3.05) is 11.9 Å². The van der Waals surface area contributed by atoms with Gasteiger partial charge in [-0.2, -0.15) is 0 Å². The van der Waals surface area contributed by atoms with Gasteiger partial charge in [0, 0.05) is 5.69 Å². The van der Waals surface area contributed by atoms with Gasteiger partial charge in [0.25, 0.3) is 0 Å². The molecule has 3 nitrogen and oxygen atoms in total. The van der Waals surface area contributed by atoms with E-state index in [1.807, 2.05) is 56.3 Å². The van der Waals surface area contributed by atoms with Crippen LogP contribution < -0.4 is 10.1 Å². The van der Waals surface area contributed by atoms with E-state index in [2.05, 4.69) is 18.3 Å². The van der Waals surface area contributed by atoms with Crippen LogP contribution in [0.5, 0.6) is 5.75 Å². The Balaban J connectivity index is 2.12. The first kappa shape index (κ1) is 15.4. The summed E-state index contributed by atoms with van der Waals surface area (Å²) in [6, 6.07) is 15.8. The molecule has 0 aromatic heterocycles. The second-order valence-corrected chi connectivity index (χ2v) is 5.43. The molecule has 2 aromatic carbocycles. The second kappa shape index (κ2) is 7.14. The van der Waals surface area contributed by atoms with E-state index < -0.39 is 0 Å².